The van der Waals surface area contributed by atoms with Crippen molar-refractivity contribution in [3.05, 3.63) is 23.3 Å². The van der Waals surface area contributed by atoms with Crippen LogP contribution in [0.2, 0.25) is 0 Å². The van der Waals surface area contributed by atoms with E-state index in [1.807, 2.05) is 30.9 Å². The number of piperidine rings is 1. The summed E-state index contributed by atoms with van der Waals surface area (Å²) >= 11 is 0. The van der Waals surface area contributed by atoms with Crippen molar-refractivity contribution in [2.75, 3.05) is 53.6 Å². The predicted octanol–water partition coefficient (Wildman–Crippen LogP) is 3.26. The molecule has 0 unspecified atom stereocenters. The fourth-order valence-electron chi connectivity index (χ4n) is 10.9. The summed E-state index contributed by atoms with van der Waals surface area (Å²) in [6, 6.07) is -1.18. The molecule has 5 N–H and O–H groups in total. The van der Waals surface area contributed by atoms with E-state index in [2.05, 4.69) is 5.32 Å². The number of amides is 2. The molecule has 368 valence electrons. The molecule has 1 aliphatic carbocycles. The maximum absolute atomic E-state index is 14.5. The second-order valence-electron chi connectivity index (χ2n) is 19.9. The number of piperazine rings is 1. The second-order valence-corrected chi connectivity index (χ2v) is 19.9. The number of methoxy groups -OCH3 is 2. The molecule has 5 rings (SSSR count). The van der Waals surface area contributed by atoms with Gasteiger partial charge in [-0.15, -0.1) is 0 Å². The summed E-state index contributed by atoms with van der Waals surface area (Å²) in [7, 11) is 3.04. The second kappa shape index (κ2) is 24.3. The first-order chi connectivity index (χ1) is 30.9. The number of aliphatic hydroxyl groups is 4. The number of fused-ring (bicyclic) bond motifs is 3. The number of aliphatic hydroxyl groups excluding tert-OH is 3. The van der Waals surface area contributed by atoms with Gasteiger partial charge in [-0.1, -0.05) is 38.5 Å². The Morgan fingerprint density at radius 3 is 2.31 bits per heavy atom. The Morgan fingerprint density at radius 1 is 0.938 bits per heavy atom. The van der Waals surface area contributed by atoms with E-state index in [4.69, 9.17) is 18.9 Å². The van der Waals surface area contributed by atoms with Gasteiger partial charge >= 0.3 is 5.97 Å². The lowest BCUT2D eigenvalue weighted by molar-refractivity contribution is -0.302. The van der Waals surface area contributed by atoms with E-state index < -0.39 is 83.9 Å². The minimum absolute atomic E-state index is 0.0419. The van der Waals surface area contributed by atoms with Crippen LogP contribution in [0.25, 0.3) is 0 Å². The first-order valence-corrected chi connectivity index (χ1v) is 24.3. The van der Waals surface area contributed by atoms with Crippen LogP contribution in [0, 0.1) is 35.5 Å². The molecule has 65 heavy (non-hydrogen) atoms. The molecule has 14 atom stereocenters. The lowest BCUT2D eigenvalue weighted by Gasteiger charge is -2.47. The molecular weight excluding hydrogens is 839 g/mol. The molecule has 1 saturated carbocycles. The number of ketones is 2. The number of nitrogens with zero attached hydrogens (tertiary/aromatic N) is 2. The average molecular weight is 918 g/mol. The zero-order valence-electron chi connectivity index (χ0n) is 40.0. The van der Waals surface area contributed by atoms with Crippen LogP contribution in [0.15, 0.2) is 23.3 Å². The highest BCUT2D eigenvalue weighted by molar-refractivity contribution is 6.39. The molecule has 2 amide bonds. The molecule has 0 aromatic rings. The third-order valence-electron chi connectivity index (χ3n) is 14.9. The highest BCUT2D eigenvalue weighted by atomic mass is 16.7. The van der Waals surface area contributed by atoms with Crippen LogP contribution in [0.5, 0.6) is 0 Å². The van der Waals surface area contributed by atoms with Gasteiger partial charge in [0.1, 0.15) is 24.0 Å². The predicted molar refractivity (Wildman–Crippen MR) is 241 cm³/mol. The zero-order chi connectivity index (χ0) is 47.6. The van der Waals surface area contributed by atoms with E-state index in [1.165, 1.54) is 19.1 Å². The van der Waals surface area contributed by atoms with E-state index in [1.54, 1.807) is 20.8 Å². The summed E-state index contributed by atoms with van der Waals surface area (Å²) in [5.41, 5.74) is 1.53. The molecular formula is C49H79N3O13. The normalized spacial score (nSPS) is 38.8. The van der Waals surface area contributed by atoms with Gasteiger partial charge in [0.15, 0.2) is 0 Å². The number of esters is 1. The van der Waals surface area contributed by atoms with Crippen LogP contribution in [0.1, 0.15) is 118 Å². The van der Waals surface area contributed by atoms with Crippen LogP contribution in [0.4, 0.5) is 0 Å². The van der Waals surface area contributed by atoms with Crippen LogP contribution in [-0.2, 0) is 42.9 Å². The van der Waals surface area contributed by atoms with E-state index in [0.29, 0.717) is 76.5 Å². The Kier molecular flexibility index (Phi) is 19.7. The van der Waals surface area contributed by atoms with Crippen molar-refractivity contribution >= 4 is 29.4 Å². The largest absolute Gasteiger partial charge is 0.456 e. The van der Waals surface area contributed by atoms with Gasteiger partial charge < -0.3 is 54.5 Å². The van der Waals surface area contributed by atoms with Crippen molar-refractivity contribution in [1.29, 1.82) is 0 Å². The van der Waals surface area contributed by atoms with E-state index >= 15 is 0 Å². The van der Waals surface area contributed by atoms with Gasteiger partial charge in [0, 0.05) is 90.1 Å². The number of carbonyl (C=O) groups excluding carboxylic acids is 5. The van der Waals surface area contributed by atoms with E-state index in [9.17, 15) is 44.4 Å². The highest BCUT2D eigenvalue weighted by Crippen LogP contribution is 2.39. The number of carbonyl (C=O) groups is 5. The molecule has 4 aliphatic heterocycles. The molecule has 16 nitrogen and oxygen atoms in total. The van der Waals surface area contributed by atoms with Crippen molar-refractivity contribution in [2.45, 2.75) is 167 Å². The molecule has 0 spiro atoms. The highest BCUT2D eigenvalue weighted by Gasteiger charge is 2.56. The number of hydrogen-bond acceptors (Lipinski definition) is 14. The maximum Gasteiger partial charge on any atom is 0.329 e. The third-order valence-corrected chi connectivity index (χ3v) is 14.9. The number of nitrogens with one attached hydrogen (secondary N) is 1. The monoisotopic (exact) mass is 918 g/mol. The minimum Gasteiger partial charge on any atom is -0.456 e. The molecule has 0 radical (unpaired) electrons. The molecule has 4 fully saturated rings. The summed E-state index contributed by atoms with van der Waals surface area (Å²) in [5, 5.41) is 47.8. The lowest BCUT2D eigenvalue weighted by Crippen LogP contribution is -2.64. The number of Topliss-reactive ketones (excluding diaryl/α,β-unsaturated/α-hetero) is 2. The van der Waals surface area contributed by atoms with Gasteiger partial charge in [-0.3, -0.25) is 19.2 Å². The van der Waals surface area contributed by atoms with Gasteiger partial charge in [-0.05, 0) is 102 Å². The molecule has 3 saturated heterocycles. The Balaban J connectivity index is 1.52. The minimum atomic E-state index is -2.54. The molecule has 5 aliphatic rings. The summed E-state index contributed by atoms with van der Waals surface area (Å²) < 4.78 is 24.4. The summed E-state index contributed by atoms with van der Waals surface area (Å²) in [6.07, 6.45) is 3.68. The van der Waals surface area contributed by atoms with Crippen LogP contribution in [0.3, 0.4) is 0 Å². The molecule has 16 heteroatoms. The van der Waals surface area contributed by atoms with Gasteiger partial charge in [0.25, 0.3) is 11.7 Å². The van der Waals surface area contributed by atoms with E-state index in [-0.39, 0.29) is 68.3 Å². The quantitative estimate of drug-likeness (QED) is 0.127. The molecule has 2 bridgehead atoms. The Morgan fingerprint density at radius 2 is 1.63 bits per heavy atom. The topological polar surface area (TPSA) is 222 Å². The number of allylic oxidation sites excluding steroid dienone is 3. The lowest BCUT2D eigenvalue weighted by atomic mass is 9.78. The van der Waals surface area contributed by atoms with Crippen LogP contribution in [-0.4, -0.2) is 162 Å². The standard InChI is InChI=1S/C49H79N3O13/c1-29-21-30(2)23-41(62-6)45-42(63-7)25-32(4)49(61,65-45)46(58)47(59)52-18-9-8-12-37(52)48(60)64-44(31(3)24-34-14-15-38(54)36(26-34)28-53)33(5)39(55)27-40(56)35(22-29)11-10-13-43(57)51-19-16-50-17-20-51/h22,24,30,32-39,41-42,44-45,50,53-55,61H,8-21,23,25-28H2,1-7H3/b29-22+,31-24+/t30-,32+,33+,34-,35+,36-,37-,38+,39-,41-,42-,44+,45+,49+/m0/s1. The Hall–Kier alpha value is -3.09. The van der Waals surface area contributed by atoms with E-state index in [0.717, 1.165) is 18.7 Å². The third kappa shape index (κ3) is 13.3. The van der Waals surface area contributed by atoms with Gasteiger partial charge in [-0.25, -0.2) is 4.79 Å². The fourth-order valence-corrected chi connectivity index (χ4v) is 10.9. The first kappa shape index (κ1) is 52.9. The SMILES string of the molecule is CO[C@H]1C[C@@H](C)C/C(C)=C/[C@@H](CCCC(=O)N2CCNCC2)C(=O)C[C@H](O)[C@@H](C)[C@@H](/C(C)=C/[C@@H]2CC[C@@H](O)[C@H](CO)C2)OC(=O)[C@@H]2CCCCN2C(=O)C(=O)[C@]2(O)O[C@H]1[C@@H](OC)C[C@H]2C. The summed E-state index contributed by atoms with van der Waals surface area (Å²) in [5.74, 6) is -8.47. The van der Waals surface area contributed by atoms with Crippen molar-refractivity contribution in [2.24, 2.45) is 35.5 Å². The smallest absolute Gasteiger partial charge is 0.329 e. The van der Waals surface area contributed by atoms with Crippen LogP contribution >= 0.6 is 0 Å². The fraction of sp³-hybridized carbons (Fsp3) is 0.816. The summed E-state index contributed by atoms with van der Waals surface area (Å²) in [6.45, 7) is 11.7. The number of ether oxygens (including phenoxy) is 4. The number of rotatable bonds is 9. The van der Waals surface area contributed by atoms with Crippen molar-refractivity contribution < 1.29 is 63.3 Å². The van der Waals surface area contributed by atoms with Crippen molar-refractivity contribution in [3.8, 4) is 0 Å². The van der Waals surface area contributed by atoms with Crippen molar-refractivity contribution in [1.82, 2.24) is 15.1 Å². The van der Waals surface area contributed by atoms with Crippen LogP contribution < -0.4 is 5.32 Å². The molecule has 4 heterocycles. The van der Waals surface area contributed by atoms with Gasteiger partial charge in [-0.2, -0.15) is 0 Å². The Labute approximate surface area is 385 Å². The molecule has 0 aromatic heterocycles. The average Bonchev–Trinajstić information content (AvgIpc) is 3.29. The Bertz CT molecular complexity index is 1700. The zero-order valence-corrected chi connectivity index (χ0v) is 40.0. The summed E-state index contributed by atoms with van der Waals surface area (Å²) in [4.78, 5) is 73.7. The molecule has 0 aromatic carbocycles. The van der Waals surface area contributed by atoms with Gasteiger partial charge in [0.2, 0.25) is 11.7 Å². The number of cyclic esters (lactones) is 1. The van der Waals surface area contributed by atoms with Crippen molar-refractivity contribution in [3.63, 3.8) is 0 Å². The van der Waals surface area contributed by atoms with Gasteiger partial charge in [0.05, 0.1) is 24.4 Å². The first-order valence-electron chi connectivity index (χ1n) is 24.3. The number of hydrogen-bond donors (Lipinski definition) is 5. The maximum atomic E-state index is 14.5.